The van der Waals surface area contributed by atoms with Gasteiger partial charge in [0.2, 0.25) is 0 Å². The highest BCUT2D eigenvalue weighted by atomic mass is 79.9. The first-order valence-corrected chi connectivity index (χ1v) is 4.38. The van der Waals surface area contributed by atoms with Crippen molar-refractivity contribution in [2.45, 2.75) is 6.55 Å². The Morgan fingerprint density at radius 3 is 2.57 bits per heavy atom. The first kappa shape index (κ1) is 11.0. The first-order chi connectivity index (χ1) is 6.54. The molecule has 0 spiro atoms. The molecular weight excluding hydrogens is 261 g/mol. The molecule has 76 valence electrons. The second kappa shape index (κ2) is 4.45. The molecule has 1 aromatic carbocycles. The number of anilines is 1. The number of benzene rings is 1. The van der Waals surface area contributed by atoms with E-state index in [0.29, 0.717) is 0 Å². The predicted octanol–water partition coefficient (Wildman–Crippen LogP) is 3.22. The number of nitrogens with one attached hydrogen (secondary N) is 2. The minimum atomic E-state index is -2.74. The molecule has 0 aliphatic heterocycles. The molecule has 1 rings (SSSR count). The molecule has 0 bridgehead atoms. The summed E-state index contributed by atoms with van der Waals surface area (Å²) in [5.41, 5.74) is 0.0919. The van der Waals surface area contributed by atoms with Crippen molar-refractivity contribution in [2.75, 3.05) is 5.32 Å². The predicted molar refractivity (Wildman–Crippen MR) is 51.6 cm³/mol. The first-order valence-electron chi connectivity index (χ1n) is 3.59. The monoisotopic (exact) mass is 266 g/mol. The van der Waals surface area contributed by atoms with E-state index in [1.807, 2.05) is 5.32 Å². The van der Waals surface area contributed by atoms with E-state index in [4.69, 9.17) is 5.41 Å². The average Bonchev–Trinajstić information content (AvgIpc) is 2.10. The van der Waals surface area contributed by atoms with Crippen LogP contribution in [0.15, 0.2) is 16.6 Å². The molecule has 2 nitrogen and oxygen atoms in total. The molecule has 0 fully saturated rings. The highest BCUT2D eigenvalue weighted by Crippen LogP contribution is 2.24. The zero-order valence-electron chi connectivity index (χ0n) is 6.82. The Morgan fingerprint density at radius 1 is 1.43 bits per heavy atom. The van der Waals surface area contributed by atoms with E-state index in [1.165, 1.54) is 6.07 Å². The Balaban J connectivity index is 3.13. The Hall–Kier alpha value is -1.04. The van der Waals surface area contributed by atoms with Gasteiger partial charge in [-0.05, 0) is 28.1 Å². The second-order valence-corrected chi connectivity index (χ2v) is 3.30. The van der Waals surface area contributed by atoms with Crippen molar-refractivity contribution in [1.82, 2.24) is 0 Å². The molecule has 0 aromatic heterocycles. The molecule has 1 aromatic rings. The lowest BCUT2D eigenvalue weighted by Crippen LogP contribution is -2.08. The number of halogens is 4. The van der Waals surface area contributed by atoms with Crippen LogP contribution in [0.2, 0.25) is 0 Å². The van der Waals surface area contributed by atoms with Gasteiger partial charge < -0.3 is 10.7 Å². The highest BCUT2D eigenvalue weighted by Gasteiger charge is 2.09. The summed E-state index contributed by atoms with van der Waals surface area (Å²) >= 11 is 2.86. The molecule has 2 N–H and O–H groups in total. The van der Waals surface area contributed by atoms with E-state index in [2.05, 4.69) is 15.9 Å². The van der Waals surface area contributed by atoms with Crippen LogP contribution < -0.4 is 5.32 Å². The normalized spacial score (nSPS) is 10.4. The van der Waals surface area contributed by atoms with E-state index >= 15 is 0 Å². The summed E-state index contributed by atoms with van der Waals surface area (Å²) in [7, 11) is 0. The van der Waals surface area contributed by atoms with Gasteiger partial charge in [0, 0.05) is 17.5 Å². The van der Waals surface area contributed by atoms with Crippen molar-refractivity contribution < 1.29 is 13.2 Å². The summed E-state index contributed by atoms with van der Waals surface area (Å²) in [6.45, 7) is -2.74. The average molecular weight is 267 g/mol. The molecule has 0 atom stereocenters. The number of rotatable bonds is 3. The van der Waals surface area contributed by atoms with Gasteiger partial charge in [0.15, 0.2) is 0 Å². The van der Waals surface area contributed by atoms with Crippen molar-refractivity contribution >= 4 is 27.8 Å². The summed E-state index contributed by atoms with van der Waals surface area (Å²) in [4.78, 5) is 0. The van der Waals surface area contributed by atoms with Crippen molar-refractivity contribution in [3.05, 3.63) is 28.0 Å². The van der Waals surface area contributed by atoms with Crippen LogP contribution in [-0.2, 0) is 0 Å². The zero-order valence-corrected chi connectivity index (χ0v) is 8.41. The van der Waals surface area contributed by atoms with Crippen LogP contribution in [-0.4, -0.2) is 12.8 Å². The van der Waals surface area contributed by atoms with Gasteiger partial charge in [0.05, 0.1) is 4.47 Å². The van der Waals surface area contributed by atoms with Crippen molar-refractivity contribution in [1.29, 1.82) is 5.41 Å². The molecule has 0 aliphatic carbocycles. The van der Waals surface area contributed by atoms with Gasteiger partial charge in [-0.2, -0.15) is 8.78 Å². The minimum absolute atomic E-state index is 0.0169. The third-order valence-corrected chi connectivity index (χ3v) is 2.12. The van der Waals surface area contributed by atoms with E-state index in [9.17, 15) is 13.2 Å². The van der Waals surface area contributed by atoms with E-state index in [0.717, 1.165) is 12.3 Å². The van der Waals surface area contributed by atoms with Crippen LogP contribution in [0.25, 0.3) is 0 Å². The van der Waals surface area contributed by atoms with Crippen molar-refractivity contribution in [3.63, 3.8) is 0 Å². The van der Waals surface area contributed by atoms with Gasteiger partial charge in [-0.15, -0.1) is 0 Å². The fraction of sp³-hybridized carbons (Fsp3) is 0.125. The van der Waals surface area contributed by atoms with Crippen LogP contribution in [0.5, 0.6) is 0 Å². The summed E-state index contributed by atoms with van der Waals surface area (Å²) in [5.74, 6) is -0.594. The smallest absolute Gasteiger partial charge is 0.312 e. The molecule has 0 amide bonds. The van der Waals surface area contributed by atoms with Gasteiger partial charge in [-0.25, -0.2) is 4.39 Å². The van der Waals surface area contributed by atoms with Crippen LogP contribution in [0.4, 0.5) is 18.9 Å². The Bertz CT molecular complexity index is 355. The summed E-state index contributed by atoms with van der Waals surface area (Å²) < 4.78 is 36.9. The molecule has 6 heteroatoms. The maximum atomic E-state index is 12.9. The Kier molecular flexibility index (Phi) is 3.51. The van der Waals surface area contributed by atoms with Gasteiger partial charge in [-0.1, -0.05) is 0 Å². The Labute approximate surface area is 86.8 Å². The standard InChI is InChI=1S/C8H6BrF3N2/c9-5-2-7(14-8(11)12)4(3-13)1-6(5)10/h1-3,8,13-14H. The topological polar surface area (TPSA) is 35.9 Å². The fourth-order valence-electron chi connectivity index (χ4n) is 0.924. The SMILES string of the molecule is N=Cc1cc(F)c(Br)cc1NC(F)F. The van der Waals surface area contributed by atoms with Gasteiger partial charge in [0.25, 0.3) is 0 Å². The maximum absolute atomic E-state index is 12.9. The molecule has 0 aliphatic rings. The quantitative estimate of drug-likeness (QED) is 0.640. The summed E-state index contributed by atoms with van der Waals surface area (Å²) in [6, 6.07) is 2.17. The lowest BCUT2D eigenvalue weighted by atomic mass is 10.2. The molecule has 0 saturated carbocycles. The van der Waals surface area contributed by atoms with E-state index < -0.39 is 12.4 Å². The highest BCUT2D eigenvalue weighted by molar-refractivity contribution is 9.10. The molecule has 0 saturated heterocycles. The largest absolute Gasteiger partial charge is 0.329 e. The zero-order chi connectivity index (χ0) is 10.7. The maximum Gasteiger partial charge on any atom is 0.312 e. The molecular formula is C8H6BrF3N2. The van der Waals surface area contributed by atoms with Gasteiger partial charge >= 0.3 is 6.55 Å². The van der Waals surface area contributed by atoms with Gasteiger partial charge in [0.1, 0.15) is 5.82 Å². The molecule has 0 heterocycles. The molecule has 0 radical (unpaired) electrons. The van der Waals surface area contributed by atoms with Gasteiger partial charge in [-0.3, -0.25) is 0 Å². The third-order valence-electron chi connectivity index (χ3n) is 1.51. The van der Waals surface area contributed by atoms with Crippen LogP contribution in [0.1, 0.15) is 5.56 Å². The molecule has 0 unspecified atom stereocenters. The van der Waals surface area contributed by atoms with Crippen molar-refractivity contribution in [3.8, 4) is 0 Å². The third kappa shape index (κ3) is 2.47. The lowest BCUT2D eigenvalue weighted by Gasteiger charge is -2.09. The fourth-order valence-corrected chi connectivity index (χ4v) is 1.27. The minimum Gasteiger partial charge on any atom is -0.329 e. The van der Waals surface area contributed by atoms with Crippen molar-refractivity contribution in [2.24, 2.45) is 0 Å². The number of hydrogen-bond acceptors (Lipinski definition) is 2. The Morgan fingerprint density at radius 2 is 2.07 bits per heavy atom. The van der Waals surface area contributed by atoms with E-state index in [1.54, 1.807) is 0 Å². The lowest BCUT2D eigenvalue weighted by molar-refractivity contribution is 0.181. The van der Waals surface area contributed by atoms with Crippen LogP contribution in [0.3, 0.4) is 0 Å². The molecule has 14 heavy (non-hydrogen) atoms. The summed E-state index contributed by atoms with van der Waals surface area (Å²) in [5, 5.41) is 8.72. The number of hydrogen-bond donors (Lipinski definition) is 2. The summed E-state index contributed by atoms with van der Waals surface area (Å²) in [6.07, 6.45) is 0.806. The number of alkyl halides is 2. The van der Waals surface area contributed by atoms with Crippen LogP contribution >= 0.6 is 15.9 Å². The van der Waals surface area contributed by atoms with Crippen LogP contribution in [0, 0.1) is 11.2 Å². The second-order valence-electron chi connectivity index (χ2n) is 2.44. The van der Waals surface area contributed by atoms with E-state index in [-0.39, 0.29) is 15.7 Å².